The average molecular weight is 289 g/mol. The number of likely N-dealkylation sites (tertiary alicyclic amines) is 1. The minimum atomic E-state index is 0.605. The summed E-state index contributed by atoms with van der Waals surface area (Å²) in [6.45, 7) is 3.37. The topological polar surface area (TPSA) is 81.8 Å². The number of anilines is 2. The van der Waals surface area contributed by atoms with Crippen molar-refractivity contribution in [2.24, 2.45) is 5.92 Å². The predicted octanol–water partition coefficient (Wildman–Crippen LogP) is 1.54. The SMILES string of the molecule is CNc1nc(NCCC2CCN(C)CC2)c2cn[nH]c2n1. The number of fused-ring (bicyclic) bond motifs is 1. The van der Waals surface area contributed by atoms with E-state index < -0.39 is 0 Å². The molecule has 0 amide bonds. The Morgan fingerprint density at radius 2 is 2.14 bits per heavy atom. The smallest absolute Gasteiger partial charge is 0.226 e. The van der Waals surface area contributed by atoms with Crippen molar-refractivity contribution in [3.05, 3.63) is 6.20 Å². The number of aromatic nitrogens is 4. The zero-order valence-electron chi connectivity index (χ0n) is 12.7. The molecule has 0 atom stereocenters. The van der Waals surface area contributed by atoms with Crippen molar-refractivity contribution in [2.45, 2.75) is 19.3 Å². The van der Waals surface area contributed by atoms with Crippen LogP contribution < -0.4 is 10.6 Å². The molecular weight excluding hydrogens is 266 g/mol. The van der Waals surface area contributed by atoms with Gasteiger partial charge in [-0.25, -0.2) is 0 Å². The lowest BCUT2D eigenvalue weighted by Gasteiger charge is -2.28. The highest BCUT2D eigenvalue weighted by Gasteiger charge is 2.16. The van der Waals surface area contributed by atoms with Gasteiger partial charge in [-0.3, -0.25) is 5.10 Å². The molecule has 3 rings (SSSR count). The number of hydrogen-bond donors (Lipinski definition) is 3. The van der Waals surface area contributed by atoms with Crippen LogP contribution in [-0.4, -0.2) is 58.8 Å². The largest absolute Gasteiger partial charge is 0.369 e. The zero-order valence-corrected chi connectivity index (χ0v) is 12.7. The fourth-order valence-electron chi connectivity index (χ4n) is 2.83. The number of nitrogens with zero attached hydrogens (tertiary/aromatic N) is 4. The second-order valence-electron chi connectivity index (χ2n) is 5.74. The molecule has 3 heterocycles. The fourth-order valence-corrected chi connectivity index (χ4v) is 2.83. The van der Waals surface area contributed by atoms with Crippen molar-refractivity contribution in [2.75, 3.05) is 44.4 Å². The molecular formula is C14H23N7. The number of piperidine rings is 1. The van der Waals surface area contributed by atoms with Crippen molar-refractivity contribution in [1.82, 2.24) is 25.1 Å². The molecule has 0 aliphatic carbocycles. The van der Waals surface area contributed by atoms with E-state index >= 15 is 0 Å². The highest BCUT2D eigenvalue weighted by Crippen LogP contribution is 2.22. The molecule has 0 radical (unpaired) electrons. The van der Waals surface area contributed by atoms with Gasteiger partial charge in [0.25, 0.3) is 0 Å². The Labute approximate surface area is 124 Å². The minimum Gasteiger partial charge on any atom is -0.369 e. The van der Waals surface area contributed by atoms with Crippen LogP contribution in [0.5, 0.6) is 0 Å². The summed E-state index contributed by atoms with van der Waals surface area (Å²) in [5.41, 5.74) is 0.760. The lowest BCUT2D eigenvalue weighted by molar-refractivity contribution is 0.215. The van der Waals surface area contributed by atoms with E-state index in [2.05, 4.69) is 42.7 Å². The van der Waals surface area contributed by atoms with Gasteiger partial charge in [0.2, 0.25) is 5.95 Å². The van der Waals surface area contributed by atoms with E-state index in [0.717, 1.165) is 29.3 Å². The van der Waals surface area contributed by atoms with Gasteiger partial charge in [-0.15, -0.1) is 0 Å². The summed E-state index contributed by atoms with van der Waals surface area (Å²) in [6.07, 6.45) is 5.55. The van der Waals surface area contributed by atoms with Gasteiger partial charge in [0, 0.05) is 13.6 Å². The quantitative estimate of drug-likeness (QED) is 0.774. The molecule has 0 saturated carbocycles. The second kappa shape index (κ2) is 6.26. The van der Waals surface area contributed by atoms with Crippen molar-refractivity contribution in [3.63, 3.8) is 0 Å². The normalized spacial score (nSPS) is 17.2. The predicted molar refractivity (Wildman–Crippen MR) is 84.6 cm³/mol. The molecule has 2 aromatic heterocycles. The number of H-pyrrole nitrogens is 1. The molecule has 7 heteroatoms. The van der Waals surface area contributed by atoms with Crippen LogP contribution in [-0.2, 0) is 0 Å². The van der Waals surface area contributed by atoms with Gasteiger partial charge in [0.15, 0.2) is 5.65 Å². The third-order valence-electron chi connectivity index (χ3n) is 4.22. The fraction of sp³-hybridized carbons (Fsp3) is 0.643. The van der Waals surface area contributed by atoms with Crippen LogP contribution in [0.25, 0.3) is 11.0 Å². The number of nitrogens with one attached hydrogen (secondary N) is 3. The molecule has 0 aromatic carbocycles. The Hall–Kier alpha value is -1.89. The van der Waals surface area contributed by atoms with E-state index in [-0.39, 0.29) is 0 Å². The highest BCUT2D eigenvalue weighted by molar-refractivity contribution is 5.86. The molecule has 114 valence electrons. The molecule has 1 saturated heterocycles. The summed E-state index contributed by atoms with van der Waals surface area (Å²) in [5.74, 6) is 2.28. The summed E-state index contributed by atoms with van der Waals surface area (Å²) in [5, 5.41) is 14.3. The number of hydrogen-bond acceptors (Lipinski definition) is 6. The van der Waals surface area contributed by atoms with Crippen LogP contribution in [0, 0.1) is 5.92 Å². The molecule has 1 aliphatic rings. The minimum absolute atomic E-state index is 0.605. The summed E-state index contributed by atoms with van der Waals surface area (Å²) in [4.78, 5) is 11.2. The molecule has 21 heavy (non-hydrogen) atoms. The Morgan fingerprint density at radius 3 is 2.90 bits per heavy atom. The van der Waals surface area contributed by atoms with E-state index in [0.29, 0.717) is 5.95 Å². The van der Waals surface area contributed by atoms with Gasteiger partial charge in [0.05, 0.1) is 11.6 Å². The van der Waals surface area contributed by atoms with E-state index in [9.17, 15) is 0 Å². The molecule has 0 spiro atoms. The first-order valence-electron chi connectivity index (χ1n) is 7.57. The summed E-state index contributed by atoms with van der Waals surface area (Å²) < 4.78 is 0. The van der Waals surface area contributed by atoms with Crippen molar-refractivity contribution in [3.8, 4) is 0 Å². The highest BCUT2D eigenvalue weighted by atomic mass is 15.2. The van der Waals surface area contributed by atoms with Crippen LogP contribution in [0.2, 0.25) is 0 Å². The maximum absolute atomic E-state index is 4.48. The Balaban J connectivity index is 1.61. The van der Waals surface area contributed by atoms with Crippen molar-refractivity contribution < 1.29 is 0 Å². The maximum Gasteiger partial charge on any atom is 0.226 e. The lowest BCUT2D eigenvalue weighted by atomic mass is 9.94. The molecule has 2 aromatic rings. The first-order valence-corrected chi connectivity index (χ1v) is 7.57. The van der Waals surface area contributed by atoms with Crippen LogP contribution in [0.15, 0.2) is 6.20 Å². The van der Waals surface area contributed by atoms with Crippen LogP contribution in [0.3, 0.4) is 0 Å². The number of aromatic amines is 1. The number of rotatable bonds is 5. The Bertz CT molecular complexity index is 586. The van der Waals surface area contributed by atoms with E-state index in [1.807, 2.05) is 7.05 Å². The summed E-state index contributed by atoms with van der Waals surface area (Å²) in [6, 6.07) is 0. The monoisotopic (exact) mass is 289 g/mol. The van der Waals surface area contributed by atoms with Crippen molar-refractivity contribution in [1.29, 1.82) is 0 Å². The van der Waals surface area contributed by atoms with E-state index in [4.69, 9.17) is 0 Å². The average Bonchev–Trinajstić information content (AvgIpc) is 2.97. The zero-order chi connectivity index (χ0) is 14.7. The Kier molecular flexibility index (Phi) is 4.19. The van der Waals surface area contributed by atoms with Gasteiger partial charge in [-0.1, -0.05) is 0 Å². The third-order valence-corrected chi connectivity index (χ3v) is 4.22. The van der Waals surface area contributed by atoms with E-state index in [1.165, 1.54) is 32.4 Å². The summed E-state index contributed by atoms with van der Waals surface area (Å²) in [7, 11) is 4.02. The van der Waals surface area contributed by atoms with Crippen LogP contribution in [0.1, 0.15) is 19.3 Å². The van der Waals surface area contributed by atoms with Gasteiger partial charge in [-0.2, -0.15) is 15.1 Å². The molecule has 7 nitrogen and oxygen atoms in total. The van der Waals surface area contributed by atoms with Gasteiger partial charge in [-0.05, 0) is 45.3 Å². The maximum atomic E-state index is 4.48. The Morgan fingerprint density at radius 1 is 1.33 bits per heavy atom. The lowest BCUT2D eigenvalue weighted by Crippen LogP contribution is -2.30. The summed E-state index contributed by atoms with van der Waals surface area (Å²) >= 11 is 0. The molecule has 3 N–H and O–H groups in total. The second-order valence-corrected chi connectivity index (χ2v) is 5.74. The molecule has 0 bridgehead atoms. The van der Waals surface area contributed by atoms with Gasteiger partial charge >= 0.3 is 0 Å². The first-order chi connectivity index (χ1) is 10.3. The molecule has 1 fully saturated rings. The first kappa shape index (κ1) is 14.1. The van der Waals surface area contributed by atoms with Crippen LogP contribution >= 0.6 is 0 Å². The molecule has 1 aliphatic heterocycles. The van der Waals surface area contributed by atoms with Crippen molar-refractivity contribution >= 4 is 22.8 Å². The standard InChI is InChI=1S/C14H23N7/c1-15-14-18-12(11-9-17-20-13(11)19-14)16-6-3-10-4-7-21(2)8-5-10/h9-10H,3-8H2,1-2H3,(H3,15,16,17,18,19,20). The van der Waals surface area contributed by atoms with Crippen LogP contribution in [0.4, 0.5) is 11.8 Å². The molecule has 0 unspecified atom stereocenters. The van der Waals surface area contributed by atoms with Gasteiger partial charge < -0.3 is 15.5 Å². The van der Waals surface area contributed by atoms with E-state index in [1.54, 1.807) is 6.20 Å². The van der Waals surface area contributed by atoms with Gasteiger partial charge in [0.1, 0.15) is 5.82 Å². The third kappa shape index (κ3) is 3.24.